The maximum atomic E-state index is 12.8. The molecule has 2 N–H and O–H groups in total. The lowest BCUT2D eigenvalue weighted by Crippen LogP contribution is -2.14. The van der Waals surface area contributed by atoms with Gasteiger partial charge < -0.3 is 0 Å². The molecule has 0 saturated heterocycles. The topological polar surface area (TPSA) is 117 Å². The first-order chi connectivity index (χ1) is 19.1. The minimum absolute atomic E-state index is 0.181. The number of anilines is 2. The Kier molecular flexibility index (Phi) is 9.13. The van der Waals surface area contributed by atoms with E-state index in [1.165, 1.54) is 0 Å². The summed E-state index contributed by atoms with van der Waals surface area (Å²) in [4.78, 5) is 9.14. The molecule has 0 aliphatic heterocycles. The predicted octanol–water partition coefficient (Wildman–Crippen LogP) is 5.44. The van der Waals surface area contributed by atoms with E-state index in [9.17, 15) is 16.8 Å². The van der Waals surface area contributed by atoms with Crippen molar-refractivity contribution in [2.45, 2.75) is 23.6 Å². The molecule has 0 saturated carbocycles. The summed E-state index contributed by atoms with van der Waals surface area (Å²) in [5, 5.41) is 0. The fourth-order valence-electron chi connectivity index (χ4n) is 3.69. The second-order valence-electron chi connectivity index (χ2n) is 9.08. The molecule has 0 bridgehead atoms. The van der Waals surface area contributed by atoms with E-state index < -0.39 is 20.0 Å². The Morgan fingerprint density at radius 1 is 0.550 bits per heavy atom. The molecule has 0 unspecified atom stereocenters. The van der Waals surface area contributed by atoms with Crippen LogP contribution >= 0.6 is 0 Å². The van der Waals surface area contributed by atoms with Crippen molar-refractivity contribution in [3.05, 3.63) is 119 Å². The Labute approximate surface area is 235 Å². The fraction of sp³-hybridized carbons (Fsp3) is 0.133. The van der Waals surface area contributed by atoms with Crippen LogP contribution in [-0.2, 0) is 20.0 Å². The molecule has 0 aromatic heterocycles. The summed E-state index contributed by atoms with van der Waals surface area (Å²) in [6, 6.07) is 27.3. The Balaban J connectivity index is 1.38. The van der Waals surface area contributed by atoms with Gasteiger partial charge in [0.2, 0.25) is 0 Å². The Bertz CT molecular complexity index is 1600. The first-order valence-electron chi connectivity index (χ1n) is 12.5. The van der Waals surface area contributed by atoms with E-state index in [2.05, 4.69) is 19.4 Å². The number of hydrogen-bond acceptors (Lipinski definition) is 6. The van der Waals surface area contributed by atoms with Gasteiger partial charge in [0, 0.05) is 23.6 Å². The van der Waals surface area contributed by atoms with Crippen molar-refractivity contribution in [2.75, 3.05) is 22.5 Å². The lowest BCUT2D eigenvalue weighted by Gasteiger charge is -2.11. The SMILES string of the molecule is Cc1ccc(S(=O)(=O)Nc2ccccc2C=NCCN=Cc2ccccc2NS(=O)(=O)c2ccc(C)cc2)cc1. The van der Waals surface area contributed by atoms with Gasteiger partial charge >= 0.3 is 0 Å². The molecule has 0 spiro atoms. The zero-order chi connectivity index (χ0) is 28.6. The summed E-state index contributed by atoms with van der Waals surface area (Å²) in [5.74, 6) is 0. The Morgan fingerprint density at radius 2 is 0.900 bits per heavy atom. The van der Waals surface area contributed by atoms with Gasteiger partial charge in [-0.1, -0.05) is 71.8 Å². The van der Waals surface area contributed by atoms with Gasteiger partial charge in [0.25, 0.3) is 20.0 Å². The molecule has 0 amide bonds. The minimum Gasteiger partial charge on any atom is -0.291 e. The normalized spacial score (nSPS) is 12.2. The summed E-state index contributed by atoms with van der Waals surface area (Å²) >= 11 is 0. The second-order valence-corrected chi connectivity index (χ2v) is 12.4. The van der Waals surface area contributed by atoms with Crippen LogP contribution in [0.5, 0.6) is 0 Å². The van der Waals surface area contributed by atoms with E-state index in [4.69, 9.17) is 0 Å². The molecular formula is C30H30N4O4S2. The van der Waals surface area contributed by atoms with Crippen molar-refractivity contribution < 1.29 is 16.8 Å². The Hall–Kier alpha value is -4.28. The lowest BCUT2D eigenvalue weighted by molar-refractivity contribution is 0.599. The summed E-state index contributed by atoms with van der Waals surface area (Å²) in [7, 11) is -7.49. The average Bonchev–Trinajstić information content (AvgIpc) is 2.92. The largest absolute Gasteiger partial charge is 0.291 e. The smallest absolute Gasteiger partial charge is 0.261 e. The zero-order valence-electron chi connectivity index (χ0n) is 22.2. The van der Waals surface area contributed by atoms with Crippen molar-refractivity contribution >= 4 is 43.9 Å². The molecule has 40 heavy (non-hydrogen) atoms. The van der Waals surface area contributed by atoms with Crippen LogP contribution in [0.3, 0.4) is 0 Å². The average molecular weight is 575 g/mol. The Morgan fingerprint density at radius 3 is 1.27 bits per heavy atom. The number of para-hydroxylation sites is 2. The highest BCUT2D eigenvalue weighted by Crippen LogP contribution is 2.21. The predicted molar refractivity (Wildman–Crippen MR) is 162 cm³/mol. The first kappa shape index (κ1) is 28.7. The number of benzene rings is 4. The zero-order valence-corrected chi connectivity index (χ0v) is 23.8. The van der Waals surface area contributed by atoms with Gasteiger partial charge in [-0.25, -0.2) is 16.8 Å². The third-order valence-corrected chi connectivity index (χ3v) is 8.65. The maximum Gasteiger partial charge on any atom is 0.261 e. The van der Waals surface area contributed by atoms with E-state index in [1.807, 2.05) is 13.8 Å². The van der Waals surface area contributed by atoms with Crippen molar-refractivity contribution in [1.82, 2.24) is 0 Å². The van der Waals surface area contributed by atoms with E-state index in [1.54, 1.807) is 109 Å². The van der Waals surface area contributed by atoms with Gasteiger partial charge in [-0.3, -0.25) is 19.4 Å². The molecule has 0 heterocycles. The molecule has 206 valence electrons. The molecule has 0 aliphatic rings. The van der Waals surface area contributed by atoms with Crippen molar-refractivity contribution in [1.29, 1.82) is 0 Å². The van der Waals surface area contributed by atoms with E-state index >= 15 is 0 Å². The van der Waals surface area contributed by atoms with Gasteiger partial charge in [-0.05, 0) is 50.2 Å². The highest BCUT2D eigenvalue weighted by molar-refractivity contribution is 7.93. The number of rotatable bonds is 11. The molecular weight excluding hydrogens is 544 g/mol. The molecule has 10 heteroatoms. The van der Waals surface area contributed by atoms with Crippen molar-refractivity contribution in [3.63, 3.8) is 0 Å². The minimum atomic E-state index is -3.74. The summed E-state index contributed by atoms with van der Waals surface area (Å²) in [6.45, 7) is 4.50. The van der Waals surface area contributed by atoms with Crippen molar-refractivity contribution in [3.8, 4) is 0 Å². The lowest BCUT2D eigenvalue weighted by atomic mass is 10.2. The van der Waals surface area contributed by atoms with Gasteiger partial charge in [-0.15, -0.1) is 0 Å². The number of sulfonamides is 2. The second kappa shape index (κ2) is 12.7. The molecule has 4 rings (SSSR count). The van der Waals surface area contributed by atoms with Gasteiger partial charge in [0.1, 0.15) is 0 Å². The van der Waals surface area contributed by atoms with Crippen LogP contribution in [0, 0.1) is 13.8 Å². The van der Waals surface area contributed by atoms with E-state index in [-0.39, 0.29) is 9.79 Å². The van der Waals surface area contributed by atoms with E-state index in [0.29, 0.717) is 35.6 Å². The van der Waals surface area contributed by atoms with Crippen molar-refractivity contribution in [2.24, 2.45) is 9.98 Å². The highest BCUT2D eigenvalue weighted by Gasteiger charge is 2.16. The van der Waals surface area contributed by atoms with Crippen LogP contribution < -0.4 is 9.44 Å². The standard InChI is InChI=1S/C30H30N4O4S2/c1-23-11-15-27(16-12-23)39(35,36)33-29-9-5-3-7-25(29)21-31-19-20-32-22-26-8-4-6-10-30(26)34-40(37,38)28-17-13-24(2)14-18-28/h3-18,21-22,33-34H,19-20H2,1-2H3. The number of hydrogen-bond donors (Lipinski definition) is 2. The van der Waals surface area contributed by atoms with Crippen LogP contribution in [0.4, 0.5) is 11.4 Å². The van der Waals surface area contributed by atoms with Crippen LogP contribution in [0.15, 0.2) is 117 Å². The molecule has 4 aromatic carbocycles. The van der Waals surface area contributed by atoms with Gasteiger partial charge in [-0.2, -0.15) is 0 Å². The fourth-order valence-corrected chi connectivity index (χ4v) is 5.86. The number of aliphatic imine (C=N–C) groups is 2. The number of aryl methyl sites for hydroxylation is 2. The first-order valence-corrected chi connectivity index (χ1v) is 15.5. The quantitative estimate of drug-likeness (QED) is 0.183. The summed E-state index contributed by atoms with van der Waals surface area (Å²) in [6.07, 6.45) is 3.21. The van der Waals surface area contributed by atoms with Crippen LogP contribution in [0.25, 0.3) is 0 Å². The highest BCUT2D eigenvalue weighted by atomic mass is 32.2. The molecule has 0 radical (unpaired) electrons. The third kappa shape index (κ3) is 7.64. The van der Waals surface area contributed by atoms with Gasteiger partial charge in [0.05, 0.1) is 34.3 Å². The third-order valence-electron chi connectivity index (χ3n) is 5.89. The van der Waals surface area contributed by atoms with Gasteiger partial charge in [0.15, 0.2) is 0 Å². The molecule has 0 fully saturated rings. The molecule has 0 atom stereocenters. The van der Waals surface area contributed by atoms with E-state index in [0.717, 1.165) is 11.1 Å². The number of nitrogens with one attached hydrogen (secondary N) is 2. The molecule has 8 nitrogen and oxygen atoms in total. The molecule has 4 aromatic rings. The summed E-state index contributed by atoms with van der Waals surface area (Å²) < 4.78 is 56.5. The summed E-state index contributed by atoms with van der Waals surface area (Å²) in [5.41, 5.74) is 4.04. The van der Waals surface area contributed by atoms with Crippen LogP contribution in [0.2, 0.25) is 0 Å². The van der Waals surface area contributed by atoms with Crippen LogP contribution in [-0.4, -0.2) is 42.4 Å². The monoisotopic (exact) mass is 574 g/mol. The number of nitrogens with zero attached hydrogens (tertiary/aromatic N) is 2. The maximum absolute atomic E-state index is 12.8. The van der Waals surface area contributed by atoms with Crippen LogP contribution in [0.1, 0.15) is 22.3 Å². The molecule has 0 aliphatic carbocycles.